The minimum Gasteiger partial charge on any atom is -0.468 e. The first-order valence-electron chi connectivity index (χ1n) is 8.55. The van der Waals surface area contributed by atoms with Crippen molar-refractivity contribution in [1.82, 2.24) is 14.9 Å². The molecule has 2 heterocycles. The minimum absolute atomic E-state index is 0.110. The Morgan fingerprint density at radius 1 is 1.11 bits per heavy atom. The number of fused-ring (bicyclic) bond motifs is 1. The van der Waals surface area contributed by atoms with Gasteiger partial charge in [-0.15, -0.1) is 11.3 Å². The molecule has 3 rings (SSSR count). The number of nitrogens with zero attached hydrogens (tertiary/aromatic N) is 3. The van der Waals surface area contributed by atoms with E-state index in [2.05, 4.69) is 9.97 Å². The Morgan fingerprint density at radius 3 is 2.48 bits per heavy atom. The van der Waals surface area contributed by atoms with Crippen LogP contribution in [0.2, 0.25) is 0 Å². The van der Waals surface area contributed by atoms with Gasteiger partial charge >= 0.3 is 5.97 Å². The average Bonchev–Trinajstić information content (AvgIpc) is 2.97. The fourth-order valence-corrected chi connectivity index (χ4v) is 4.29. The van der Waals surface area contributed by atoms with Gasteiger partial charge in [0.15, 0.2) is 0 Å². The number of benzene rings is 1. The summed E-state index contributed by atoms with van der Waals surface area (Å²) in [6.45, 7) is 5.87. The summed E-state index contributed by atoms with van der Waals surface area (Å²) in [5.41, 5.74) is 2.65. The van der Waals surface area contributed by atoms with E-state index >= 15 is 0 Å². The summed E-state index contributed by atoms with van der Waals surface area (Å²) >= 11 is 1.34. The number of hydrogen-bond acceptors (Lipinski definition) is 6. The van der Waals surface area contributed by atoms with Crippen molar-refractivity contribution in [1.29, 1.82) is 0 Å². The van der Waals surface area contributed by atoms with Gasteiger partial charge in [0.2, 0.25) is 0 Å². The van der Waals surface area contributed by atoms with Crippen LogP contribution in [0.15, 0.2) is 30.3 Å². The van der Waals surface area contributed by atoms with E-state index in [1.807, 2.05) is 51.1 Å². The first-order valence-corrected chi connectivity index (χ1v) is 9.36. The first kappa shape index (κ1) is 19.0. The van der Waals surface area contributed by atoms with Gasteiger partial charge in [-0.2, -0.15) is 0 Å². The predicted octanol–water partition coefficient (Wildman–Crippen LogP) is 3.43. The Labute approximate surface area is 161 Å². The molecular weight excluding hydrogens is 362 g/mol. The molecule has 0 radical (unpaired) electrons. The van der Waals surface area contributed by atoms with E-state index in [0.717, 1.165) is 27.0 Å². The average molecular weight is 383 g/mol. The number of hydrogen-bond donors (Lipinski definition) is 0. The SMILES string of the molecule is COC(=O)CN(Cc1ccccc1)C(=O)c1sc2nc(C)nc(C)c2c1C. The summed E-state index contributed by atoms with van der Waals surface area (Å²) in [6.07, 6.45) is 0. The van der Waals surface area contributed by atoms with Gasteiger partial charge in [0.05, 0.1) is 12.0 Å². The summed E-state index contributed by atoms with van der Waals surface area (Å²) in [6, 6.07) is 9.57. The van der Waals surface area contributed by atoms with Crippen molar-refractivity contribution in [2.45, 2.75) is 27.3 Å². The normalized spacial score (nSPS) is 10.8. The number of thiophene rings is 1. The maximum Gasteiger partial charge on any atom is 0.325 e. The highest BCUT2D eigenvalue weighted by atomic mass is 32.1. The third-order valence-corrected chi connectivity index (χ3v) is 5.50. The van der Waals surface area contributed by atoms with Crippen LogP contribution in [-0.2, 0) is 16.1 Å². The highest BCUT2D eigenvalue weighted by Gasteiger charge is 2.25. The van der Waals surface area contributed by atoms with Crippen LogP contribution in [0.3, 0.4) is 0 Å². The molecule has 0 saturated carbocycles. The van der Waals surface area contributed by atoms with Gasteiger partial charge in [-0.3, -0.25) is 9.59 Å². The third kappa shape index (κ3) is 3.98. The second-order valence-electron chi connectivity index (χ2n) is 6.32. The molecule has 0 spiro atoms. The molecular formula is C20H21N3O3S. The van der Waals surface area contributed by atoms with Gasteiger partial charge in [0.25, 0.3) is 5.91 Å². The number of ether oxygens (including phenoxy) is 1. The zero-order valence-electron chi connectivity index (χ0n) is 15.8. The van der Waals surface area contributed by atoms with Crippen molar-refractivity contribution in [3.63, 3.8) is 0 Å². The Bertz CT molecular complexity index is 999. The van der Waals surface area contributed by atoms with Gasteiger partial charge in [-0.05, 0) is 31.9 Å². The molecule has 0 aliphatic heterocycles. The monoisotopic (exact) mass is 383 g/mol. The van der Waals surface area contributed by atoms with Crippen LogP contribution in [0.25, 0.3) is 10.2 Å². The lowest BCUT2D eigenvalue weighted by molar-refractivity contribution is -0.141. The summed E-state index contributed by atoms with van der Waals surface area (Å²) in [7, 11) is 1.32. The lowest BCUT2D eigenvalue weighted by atomic mass is 10.1. The van der Waals surface area contributed by atoms with Crippen molar-refractivity contribution in [3.8, 4) is 0 Å². The standard InChI is InChI=1S/C20H21N3O3S/c1-12-17-13(2)21-14(3)22-19(17)27-18(12)20(25)23(11-16(24)26-4)10-15-8-6-5-7-9-15/h5-9H,10-11H2,1-4H3. The van der Waals surface area contributed by atoms with E-state index in [4.69, 9.17) is 4.74 Å². The van der Waals surface area contributed by atoms with Gasteiger partial charge in [-0.1, -0.05) is 30.3 Å². The van der Waals surface area contributed by atoms with E-state index in [9.17, 15) is 9.59 Å². The molecule has 0 aliphatic carbocycles. The molecule has 0 bridgehead atoms. The zero-order valence-corrected chi connectivity index (χ0v) is 16.6. The molecule has 0 saturated heterocycles. The fraction of sp³-hybridized carbons (Fsp3) is 0.300. The molecule has 1 amide bonds. The van der Waals surface area contributed by atoms with Crippen LogP contribution in [0, 0.1) is 20.8 Å². The Hall–Kier alpha value is -2.80. The van der Waals surface area contributed by atoms with E-state index < -0.39 is 5.97 Å². The lowest BCUT2D eigenvalue weighted by Gasteiger charge is -2.21. The molecule has 0 unspecified atom stereocenters. The van der Waals surface area contributed by atoms with Crippen molar-refractivity contribution >= 4 is 33.4 Å². The molecule has 0 N–H and O–H groups in total. The zero-order chi connectivity index (χ0) is 19.6. The second-order valence-corrected chi connectivity index (χ2v) is 7.31. The highest BCUT2D eigenvalue weighted by molar-refractivity contribution is 7.20. The molecule has 0 aliphatic rings. The molecule has 0 atom stereocenters. The maximum absolute atomic E-state index is 13.3. The number of aryl methyl sites for hydroxylation is 3. The van der Waals surface area contributed by atoms with Gasteiger partial charge in [0, 0.05) is 17.6 Å². The van der Waals surface area contributed by atoms with Crippen molar-refractivity contribution in [2.75, 3.05) is 13.7 Å². The molecule has 27 heavy (non-hydrogen) atoms. The van der Waals surface area contributed by atoms with Crippen LogP contribution in [-0.4, -0.2) is 40.4 Å². The third-order valence-electron chi connectivity index (χ3n) is 4.33. The van der Waals surface area contributed by atoms with E-state index in [-0.39, 0.29) is 12.5 Å². The van der Waals surface area contributed by atoms with Crippen molar-refractivity contribution < 1.29 is 14.3 Å². The van der Waals surface area contributed by atoms with Crippen LogP contribution in [0.1, 0.15) is 32.3 Å². The second kappa shape index (κ2) is 7.84. The first-order chi connectivity index (χ1) is 12.9. The van der Waals surface area contributed by atoms with Crippen LogP contribution in [0.4, 0.5) is 0 Å². The summed E-state index contributed by atoms with van der Waals surface area (Å²) in [4.78, 5) is 36.9. The fourth-order valence-electron chi connectivity index (χ4n) is 3.04. The molecule has 6 nitrogen and oxygen atoms in total. The summed E-state index contributed by atoms with van der Waals surface area (Å²) in [5, 5.41) is 0.909. The van der Waals surface area contributed by atoms with Gasteiger partial charge in [-0.25, -0.2) is 9.97 Å². The smallest absolute Gasteiger partial charge is 0.325 e. The predicted molar refractivity (Wildman–Crippen MR) is 105 cm³/mol. The molecule has 7 heteroatoms. The van der Waals surface area contributed by atoms with Crippen LogP contribution >= 0.6 is 11.3 Å². The molecule has 3 aromatic rings. The Morgan fingerprint density at radius 2 is 1.81 bits per heavy atom. The topological polar surface area (TPSA) is 72.4 Å². The molecule has 0 fully saturated rings. The number of methoxy groups -OCH3 is 1. The number of carbonyl (C=O) groups excluding carboxylic acids is 2. The van der Waals surface area contributed by atoms with Crippen LogP contribution in [0.5, 0.6) is 0 Å². The minimum atomic E-state index is -0.454. The van der Waals surface area contributed by atoms with Crippen molar-refractivity contribution in [3.05, 3.63) is 57.9 Å². The Balaban J connectivity index is 2.00. The van der Waals surface area contributed by atoms with Gasteiger partial charge < -0.3 is 9.64 Å². The van der Waals surface area contributed by atoms with E-state index in [1.165, 1.54) is 23.3 Å². The number of amides is 1. The number of rotatable bonds is 5. The number of aromatic nitrogens is 2. The number of esters is 1. The molecule has 140 valence electrons. The summed E-state index contributed by atoms with van der Waals surface area (Å²) in [5.74, 6) is 0.0163. The van der Waals surface area contributed by atoms with Gasteiger partial charge in [0.1, 0.15) is 17.2 Å². The van der Waals surface area contributed by atoms with E-state index in [1.54, 1.807) is 0 Å². The molecule has 2 aromatic heterocycles. The van der Waals surface area contributed by atoms with E-state index in [0.29, 0.717) is 17.2 Å². The number of carbonyl (C=O) groups is 2. The highest BCUT2D eigenvalue weighted by Crippen LogP contribution is 2.32. The lowest BCUT2D eigenvalue weighted by Crippen LogP contribution is -2.35. The summed E-state index contributed by atoms with van der Waals surface area (Å²) < 4.78 is 4.78. The maximum atomic E-state index is 13.3. The largest absolute Gasteiger partial charge is 0.468 e. The quantitative estimate of drug-likeness (QED) is 0.631. The Kier molecular flexibility index (Phi) is 5.51. The van der Waals surface area contributed by atoms with Crippen LogP contribution < -0.4 is 0 Å². The molecule has 1 aromatic carbocycles. The van der Waals surface area contributed by atoms with Crippen molar-refractivity contribution in [2.24, 2.45) is 0 Å².